The third kappa shape index (κ3) is 4.51. The number of aliphatic hydroxyl groups is 1. The number of likely N-dealkylation sites (tertiary alicyclic amines) is 1. The first kappa shape index (κ1) is 18.2. The monoisotopic (exact) mass is 347 g/mol. The van der Waals surface area contributed by atoms with Crippen molar-refractivity contribution in [3.8, 4) is 0 Å². The van der Waals surface area contributed by atoms with Crippen molar-refractivity contribution in [3.63, 3.8) is 0 Å². The first-order chi connectivity index (χ1) is 12.0. The Bertz CT molecular complexity index is 584. The van der Waals surface area contributed by atoms with E-state index in [0.29, 0.717) is 31.8 Å². The lowest BCUT2D eigenvalue weighted by molar-refractivity contribution is -0.0524. The Morgan fingerprint density at radius 3 is 2.52 bits per heavy atom. The normalized spacial score (nSPS) is 25.0. The number of hydrogen-bond donors (Lipinski definition) is 1. The maximum Gasteiger partial charge on any atom is 0.254 e. The summed E-state index contributed by atoms with van der Waals surface area (Å²) in [5.41, 5.74) is 0.706. The molecule has 0 spiro atoms. The number of carbonyl (C=O) groups is 1. The first-order valence-corrected chi connectivity index (χ1v) is 9.06. The van der Waals surface area contributed by atoms with Crippen LogP contribution in [0.4, 0.5) is 5.69 Å². The van der Waals surface area contributed by atoms with Crippen LogP contribution >= 0.6 is 0 Å². The van der Waals surface area contributed by atoms with Crippen molar-refractivity contribution in [1.82, 2.24) is 9.80 Å². The molecule has 6 nitrogen and oxygen atoms in total. The number of anilines is 1. The van der Waals surface area contributed by atoms with E-state index in [9.17, 15) is 9.90 Å². The Kier molecular flexibility index (Phi) is 5.61. The standard InChI is InChI=1S/C19H29N3O3/c1-20(2)17-7-5-16(6-8-17)18(23)22-11-12-25-15-19(24,14-22)13-21-9-3-4-10-21/h5-8,24H,3-4,9-15H2,1-2H3/t19-/m0/s1. The third-order valence-corrected chi connectivity index (χ3v) is 5.00. The molecule has 6 heteroatoms. The topological polar surface area (TPSA) is 56.3 Å². The molecule has 2 heterocycles. The van der Waals surface area contributed by atoms with Crippen LogP contribution in [0.2, 0.25) is 0 Å². The summed E-state index contributed by atoms with van der Waals surface area (Å²) >= 11 is 0. The minimum Gasteiger partial charge on any atom is -0.384 e. The lowest BCUT2D eigenvalue weighted by atomic mass is 10.0. The summed E-state index contributed by atoms with van der Waals surface area (Å²) in [6.07, 6.45) is 2.36. The minimum atomic E-state index is -1.000. The quantitative estimate of drug-likeness (QED) is 0.882. The highest BCUT2D eigenvalue weighted by molar-refractivity contribution is 5.94. The molecule has 2 aliphatic rings. The van der Waals surface area contributed by atoms with E-state index < -0.39 is 5.60 Å². The van der Waals surface area contributed by atoms with Crippen LogP contribution in [0.25, 0.3) is 0 Å². The lowest BCUT2D eigenvalue weighted by Gasteiger charge is -2.34. The average molecular weight is 347 g/mol. The van der Waals surface area contributed by atoms with Gasteiger partial charge in [0, 0.05) is 38.4 Å². The van der Waals surface area contributed by atoms with Gasteiger partial charge in [-0.3, -0.25) is 4.79 Å². The van der Waals surface area contributed by atoms with Gasteiger partial charge in [0.2, 0.25) is 0 Å². The molecule has 0 aliphatic carbocycles. The Morgan fingerprint density at radius 2 is 1.88 bits per heavy atom. The maximum absolute atomic E-state index is 12.9. The highest BCUT2D eigenvalue weighted by Crippen LogP contribution is 2.20. The number of hydrogen-bond acceptors (Lipinski definition) is 5. The van der Waals surface area contributed by atoms with E-state index in [1.54, 1.807) is 4.90 Å². The molecule has 1 amide bonds. The summed E-state index contributed by atoms with van der Waals surface area (Å²) in [5.74, 6) is -0.0457. The van der Waals surface area contributed by atoms with Gasteiger partial charge in [0.05, 0.1) is 19.8 Å². The predicted molar refractivity (Wildman–Crippen MR) is 98.1 cm³/mol. The summed E-state index contributed by atoms with van der Waals surface area (Å²) in [7, 11) is 3.95. The van der Waals surface area contributed by atoms with Crippen molar-refractivity contribution in [3.05, 3.63) is 29.8 Å². The minimum absolute atomic E-state index is 0.0457. The molecule has 2 fully saturated rings. The highest BCUT2D eigenvalue weighted by Gasteiger charge is 2.36. The predicted octanol–water partition coefficient (Wildman–Crippen LogP) is 1.05. The molecule has 0 saturated carbocycles. The maximum atomic E-state index is 12.9. The van der Waals surface area contributed by atoms with Gasteiger partial charge < -0.3 is 24.5 Å². The average Bonchev–Trinajstić information content (AvgIpc) is 3.01. The van der Waals surface area contributed by atoms with E-state index in [-0.39, 0.29) is 12.5 Å². The first-order valence-electron chi connectivity index (χ1n) is 9.06. The SMILES string of the molecule is CN(C)c1ccc(C(=O)N2CCOC[C@](O)(CN3CCCC3)C2)cc1. The van der Waals surface area contributed by atoms with Crippen molar-refractivity contribution in [1.29, 1.82) is 0 Å². The van der Waals surface area contributed by atoms with Crippen LogP contribution in [0, 0.1) is 0 Å². The van der Waals surface area contributed by atoms with Crippen molar-refractivity contribution < 1.29 is 14.6 Å². The number of rotatable bonds is 4. The number of ether oxygens (including phenoxy) is 1. The van der Waals surface area contributed by atoms with E-state index in [1.165, 1.54) is 12.8 Å². The largest absolute Gasteiger partial charge is 0.384 e. The van der Waals surface area contributed by atoms with Gasteiger partial charge in [0.15, 0.2) is 0 Å². The molecule has 1 aromatic carbocycles. The molecule has 0 aromatic heterocycles. The number of β-amino-alcohol motifs (C(OH)–C–C–N with tert-alkyl or cyclic N) is 1. The Balaban J connectivity index is 1.69. The number of benzene rings is 1. The molecule has 138 valence electrons. The zero-order valence-electron chi connectivity index (χ0n) is 15.3. The van der Waals surface area contributed by atoms with E-state index >= 15 is 0 Å². The zero-order chi connectivity index (χ0) is 17.9. The van der Waals surface area contributed by atoms with Crippen LogP contribution in [-0.2, 0) is 4.74 Å². The van der Waals surface area contributed by atoms with Crippen LogP contribution in [0.3, 0.4) is 0 Å². The fraction of sp³-hybridized carbons (Fsp3) is 0.632. The summed E-state index contributed by atoms with van der Waals surface area (Å²) in [6, 6.07) is 7.59. The molecule has 0 bridgehead atoms. The van der Waals surface area contributed by atoms with Gasteiger partial charge in [-0.25, -0.2) is 0 Å². The van der Waals surface area contributed by atoms with E-state index in [2.05, 4.69) is 4.90 Å². The van der Waals surface area contributed by atoms with Crippen molar-refractivity contribution >= 4 is 11.6 Å². The number of amides is 1. The van der Waals surface area contributed by atoms with E-state index in [4.69, 9.17) is 4.74 Å². The van der Waals surface area contributed by atoms with Crippen LogP contribution in [0.5, 0.6) is 0 Å². The van der Waals surface area contributed by atoms with Crippen molar-refractivity contribution in [2.75, 3.05) is 64.9 Å². The third-order valence-electron chi connectivity index (χ3n) is 5.00. The van der Waals surface area contributed by atoms with Gasteiger partial charge in [-0.1, -0.05) is 0 Å². The Hall–Kier alpha value is -1.63. The number of carbonyl (C=O) groups excluding carboxylic acids is 1. The fourth-order valence-electron chi connectivity index (χ4n) is 3.63. The second-order valence-corrected chi connectivity index (χ2v) is 7.43. The van der Waals surface area contributed by atoms with E-state index in [1.807, 2.05) is 43.3 Å². The summed E-state index contributed by atoms with van der Waals surface area (Å²) in [4.78, 5) is 18.9. The van der Waals surface area contributed by atoms with Crippen molar-refractivity contribution in [2.45, 2.75) is 18.4 Å². The molecular weight excluding hydrogens is 318 g/mol. The lowest BCUT2D eigenvalue weighted by Crippen LogP contribution is -2.53. The van der Waals surface area contributed by atoms with Crippen molar-refractivity contribution in [2.24, 2.45) is 0 Å². The smallest absolute Gasteiger partial charge is 0.254 e. The highest BCUT2D eigenvalue weighted by atomic mass is 16.5. The van der Waals surface area contributed by atoms with Crippen LogP contribution in [-0.4, -0.2) is 86.4 Å². The Labute approximate surface area is 150 Å². The molecule has 0 unspecified atom stereocenters. The molecule has 3 rings (SSSR count). The number of nitrogens with zero attached hydrogens (tertiary/aromatic N) is 3. The van der Waals surface area contributed by atoms with Gasteiger partial charge in [-0.15, -0.1) is 0 Å². The summed E-state index contributed by atoms with van der Waals surface area (Å²) in [6.45, 7) is 4.17. The molecule has 1 N–H and O–H groups in total. The second-order valence-electron chi connectivity index (χ2n) is 7.43. The van der Waals surface area contributed by atoms with Crippen LogP contribution in [0.1, 0.15) is 23.2 Å². The molecular formula is C19H29N3O3. The molecule has 0 radical (unpaired) electrons. The second kappa shape index (κ2) is 7.72. The van der Waals surface area contributed by atoms with Crippen LogP contribution < -0.4 is 4.90 Å². The molecule has 2 saturated heterocycles. The van der Waals surface area contributed by atoms with Gasteiger partial charge in [0.25, 0.3) is 5.91 Å². The van der Waals surface area contributed by atoms with Gasteiger partial charge in [-0.2, -0.15) is 0 Å². The van der Waals surface area contributed by atoms with Gasteiger partial charge >= 0.3 is 0 Å². The molecule has 2 aliphatic heterocycles. The van der Waals surface area contributed by atoms with Gasteiger partial charge in [0.1, 0.15) is 5.60 Å². The molecule has 1 atom stereocenters. The molecule has 25 heavy (non-hydrogen) atoms. The summed E-state index contributed by atoms with van der Waals surface area (Å²) < 4.78 is 5.61. The Morgan fingerprint density at radius 1 is 1.20 bits per heavy atom. The van der Waals surface area contributed by atoms with Crippen LogP contribution in [0.15, 0.2) is 24.3 Å². The fourth-order valence-corrected chi connectivity index (χ4v) is 3.63. The summed E-state index contributed by atoms with van der Waals surface area (Å²) in [5, 5.41) is 11.0. The molecule has 1 aromatic rings. The zero-order valence-corrected chi connectivity index (χ0v) is 15.3. The van der Waals surface area contributed by atoms with E-state index in [0.717, 1.165) is 18.8 Å². The van der Waals surface area contributed by atoms with Gasteiger partial charge in [-0.05, 0) is 50.2 Å².